The van der Waals surface area contributed by atoms with Gasteiger partial charge in [0.2, 0.25) is 0 Å². The Balaban J connectivity index is 1.92. The highest BCUT2D eigenvalue weighted by Gasteiger charge is 2.25. The molecule has 4 nitrogen and oxygen atoms in total. The summed E-state index contributed by atoms with van der Waals surface area (Å²) in [6.07, 6.45) is 5.27. The summed E-state index contributed by atoms with van der Waals surface area (Å²) in [6.45, 7) is 0. The number of nitriles is 1. The molecule has 0 spiro atoms. The minimum Gasteiger partial charge on any atom is -0.401 e. The lowest BCUT2D eigenvalue weighted by Gasteiger charge is -2.01. The molecule has 0 radical (unpaired) electrons. The zero-order chi connectivity index (χ0) is 17.6. The summed E-state index contributed by atoms with van der Waals surface area (Å²) in [5.41, 5.74) is 8.65. The Hall–Kier alpha value is -3.44. The lowest BCUT2D eigenvalue weighted by Crippen LogP contribution is -2.04. The van der Waals surface area contributed by atoms with E-state index in [1.165, 1.54) is 18.3 Å². The van der Waals surface area contributed by atoms with E-state index in [2.05, 4.69) is 21.8 Å². The molecule has 122 valence electrons. The monoisotopic (exact) mass is 330 g/mol. The molecule has 0 atom stereocenters. The lowest BCUT2D eigenvalue weighted by atomic mass is 10.1. The van der Waals surface area contributed by atoms with Gasteiger partial charge in [-0.3, -0.25) is 4.99 Å². The second-order valence-electron chi connectivity index (χ2n) is 5.68. The number of aromatic nitrogens is 1. The predicted octanol–water partition coefficient (Wildman–Crippen LogP) is 3.47. The number of rotatable bonds is 3. The van der Waals surface area contributed by atoms with Crippen molar-refractivity contribution in [2.24, 2.45) is 16.6 Å². The maximum atomic E-state index is 13.5. The largest absolute Gasteiger partial charge is 0.401 e. The summed E-state index contributed by atoms with van der Waals surface area (Å²) in [4.78, 5) is 8.40. The van der Waals surface area contributed by atoms with Gasteiger partial charge in [0.25, 0.3) is 0 Å². The van der Waals surface area contributed by atoms with Crippen LogP contribution in [0.3, 0.4) is 0 Å². The molecule has 0 bridgehead atoms. The van der Waals surface area contributed by atoms with Crippen molar-refractivity contribution in [2.45, 2.75) is 12.8 Å². The Morgan fingerprint density at radius 1 is 1.32 bits per heavy atom. The van der Waals surface area contributed by atoms with Gasteiger partial charge in [0.1, 0.15) is 11.5 Å². The second-order valence-corrected chi connectivity index (χ2v) is 5.68. The van der Waals surface area contributed by atoms with Crippen LogP contribution >= 0.6 is 0 Å². The molecule has 1 aliphatic carbocycles. The highest BCUT2D eigenvalue weighted by molar-refractivity contribution is 5.88. The van der Waals surface area contributed by atoms with Crippen LogP contribution in [0.4, 0.5) is 10.1 Å². The van der Waals surface area contributed by atoms with E-state index in [1.54, 1.807) is 12.3 Å². The Kier molecular flexibility index (Phi) is 4.87. The molecule has 1 heterocycles. The van der Waals surface area contributed by atoms with Gasteiger partial charge >= 0.3 is 0 Å². The minimum absolute atomic E-state index is 0.215. The van der Waals surface area contributed by atoms with Crippen molar-refractivity contribution >= 4 is 11.9 Å². The number of allylic oxidation sites excluding steroid dienone is 2. The molecule has 0 aliphatic heterocycles. The molecule has 1 aliphatic rings. The van der Waals surface area contributed by atoms with Crippen molar-refractivity contribution in [3.63, 3.8) is 0 Å². The van der Waals surface area contributed by atoms with Crippen molar-refractivity contribution in [2.75, 3.05) is 0 Å². The van der Waals surface area contributed by atoms with Gasteiger partial charge in [-0.2, -0.15) is 5.26 Å². The van der Waals surface area contributed by atoms with Crippen LogP contribution in [0, 0.1) is 34.9 Å². The number of hydrogen-bond donors (Lipinski definition) is 1. The summed E-state index contributed by atoms with van der Waals surface area (Å²) < 4.78 is 13.5. The molecule has 2 N–H and O–H groups in total. The van der Waals surface area contributed by atoms with Crippen LogP contribution in [0.2, 0.25) is 0 Å². The molecule has 0 amide bonds. The van der Waals surface area contributed by atoms with Gasteiger partial charge in [0.05, 0.1) is 22.9 Å². The van der Waals surface area contributed by atoms with Crippen molar-refractivity contribution in [3.05, 3.63) is 70.9 Å². The number of benzene rings is 1. The Morgan fingerprint density at radius 2 is 2.16 bits per heavy atom. The van der Waals surface area contributed by atoms with Crippen molar-refractivity contribution < 1.29 is 4.39 Å². The zero-order valence-electron chi connectivity index (χ0n) is 13.4. The standard InChI is InChI=1S/C20H15FN4/c21-17-9-14(12-22)10-19(11-17)25-13-16(20(23)15-4-5-15)6-7-18-3-1-2-8-24-18/h1-3,8-11,13,15H,4-5,23H2. The number of aliphatic imine (C=N–C) groups is 1. The van der Waals surface area contributed by atoms with E-state index in [0.29, 0.717) is 28.6 Å². The molecule has 1 aromatic heterocycles. The first-order valence-electron chi connectivity index (χ1n) is 7.83. The highest BCUT2D eigenvalue weighted by Crippen LogP contribution is 2.35. The van der Waals surface area contributed by atoms with Gasteiger partial charge in [-0.15, -0.1) is 0 Å². The molecule has 1 fully saturated rings. The van der Waals surface area contributed by atoms with Gasteiger partial charge < -0.3 is 5.73 Å². The van der Waals surface area contributed by atoms with Gasteiger partial charge in [0, 0.05) is 18.1 Å². The molecular formula is C20H15FN4. The fraction of sp³-hybridized carbons (Fsp3) is 0.150. The van der Waals surface area contributed by atoms with Gasteiger partial charge in [-0.1, -0.05) is 12.0 Å². The molecule has 0 unspecified atom stereocenters. The number of halogens is 1. The van der Waals surface area contributed by atoms with Crippen LogP contribution < -0.4 is 5.73 Å². The van der Waals surface area contributed by atoms with E-state index in [4.69, 9.17) is 11.0 Å². The summed E-state index contributed by atoms with van der Waals surface area (Å²) in [7, 11) is 0. The minimum atomic E-state index is -0.508. The molecule has 3 rings (SSSR count). The number of nitrogens with two attached hydrogens (primary N) is 1. The van der Waals surface area contributed by atoms with Crippen LogP contribution in [0.25, 0.3) is 0 Å². The van der Waals surface area contributed by atoms with E-state index in [-0.39, 0.29) is 5.56 Å². The summed E-state index contributed by atoms with van der Waals surface area (Å²) in [5.74, 6) is 5.78. The average Bonchev–Trinajstić information content (AvgIpc) is 3.47. The number of pyridine rings is 1. The predicted molar refractivity (Wildman–Crippen MR) is 94.3 cm³/mol. The van der Waals surface area contributed by atoms with E-state index in [1.807, 2.05) is 18.2 Å². The molecule has 0 saturated heterocycles. The fourth-order valence-electron chi connectivity index (χ4n) is 2.21. The Bertz CT molecular complexity index is 939. The number of hydrogen-bond acceptors (Lipinski definition) is 4. The molecule has 5 heteroatoms. The summed E-state index contributed by atoms with van der Waals surface area (Å²) in [5, 5.41) is 8.92. The van der Waals surface area contributed by atoms with Crippen molar-refractivity contribution in [1.29, 1.82) is 5.26 Å². The van der Waals surface area contributed by atoms with Gasteiger partial charge in [-0.25, -0.2) is 9.37 Å². The quantitative estimate of drug-likeness (QED) is 0.691. The topological polar surface area (TPSA) is 75.1 Å². The molecule has 1 saturated carbocycles. The Morgan fingerprint density at radius 3 is 2.84 bits per heavy atom. The SMILES string of the molecule is N#Cc1cc(F)cc(N=CC(C#Cc2ccccn2)=C(N)C2CC2)c1. The first-order chi connectivity index (χ1) is 12.2. The zero-order valence-corrected chi connectivity index (χ0v) is 13.4. The van der Waals surface area contributed by atoms with Crippen LogP contribution in [0.15, 0.2) is 58.9 Å². The average molecular weight is 330 g/mol. The fourth-order valence-corrected chi connectivity index (χ4v) is 2.21. The second kappa shape index (κ2) is 7.42. The van der Waals surface area contributed by atoms with E-state index in [0.717, 1.165) is 18.9 Å². The summed E-state index contributed by atoms with van der Waals surface area (Å²) >= 11 is 0. The van der Waals surface area contributed by atoms with Crippen LogP contribution in [-0.4, -0.2) is 11.2 Å². The maximum absolute atomic E-state index is 13.5. The van der Waals surface area contributed by atoms with Crippen molar-refractivity contribution in [1.82, 2.24) is 4.98 Å². The third kappa shape index (κ3) is 4.53. The molecular weight excluding hydrogens is 315 g/mol. The van der Waals surface area contributed by atoms with E-state index >= 15 is 0 Å². The highest BCUT2D eigenvalue weighted by atomic mass is 19.1. The van der Waals surface area contributed by atoms with E-state index in [9.17, 15) is 4.39 Å². The molecule has 1 aromatic carbocycles. The van der Waals surface area contributed by atoms with Gasteiger partial charge in [0.15, 0.2) is 0 Å². The molecule has 25 heavy (non-hydrogen) atoms. The summed E-state index contributed by atoms with van der Waals surface area (Å²) in [6, 6.07) is 11.3. The first-order valence-corrected chi connectivity index (χ1v) is 7.83. The maximum Gasteiger partial charge on any atom is 0.126 e. The number of nitrogens with zero attached hydrogens (tertiary/aromatic N) is 3. The smallest absolute Gasteiger partial charge is 0.126 e. The van der Waals surface area contributed by atoms with Gasteiger partial charge in [-0.05, 0) is 55.0 Å². The lowest BCUT2D eigenvalue weighted by molar-refractivity contribution is 0.627. The van der Waals surface area contributed by atoms with Crippen molar-refractivity contribution in [3.8, 4) is 17.9 Å². The molecule has 2 aromatic rings. The van der Waals surface area contributed by atoms with Crippen LogP contribution in [0.1, 0.15) is 24.1 Å². The van der Waals surface area contributed by atoms with Crippen LogP contribution in [-0.2, 0) is 0 Å². The normalized spacial score (nSPS) is 14.4. The third-order valence-electron chi connectivity index (χ3n) is 3.67. The van der Waals surface area contributed by atoms with Crippen LogP contribution in [0.5, 0.6) is 0 Å². The Labute approximate surface area is 145 Å². The first kappa shape index (κ1) is 16.4. The third-order valence-corrected chi connectivity index (χ3v) is 3.67. The van der Waals surface area contributed by atoms with E-state index < -0.39 is 5.82 Å².